The summed E-state index contributed by atoms with van der Waals surface area (Å²) in [6.07, 6.45) is 3.65. The van der Waals surface area contributed by atoms with E-state index in [0.717, 1.165) is 29.9 Å². The summed E-state index contributed by atoms with van der Waals surface area (Å²) in [7, 11) is 0. The third-order valence-electron chi connectivity index (χ3n) is 5.60. The number of benzene rings is 3. The number of nitriles is 1. The van der Waals surface area contributed by atoms with Crippen LogP contribution in [0.15, 0.2) is 66.7 Å². The molecule has 1 N–H and O–H groups in total. The topological polar surface area (TPSA) is 56.1 Å². The SMILES string of the molecule is Cc1ccc(-c2ccc(C#N)c(NC(=O)c3cccc(N4CCCCC4)c3)c2)cc1. The smallest absolute Gasteiger partial charge is 0.255 e. The Morgan fingerprint density at radius 3 is 2.40 bits per heavy atom. The summed E-state index contributed by atoms with van der Waals surface area (Å²) in [6.45, 7) is 4.11. The van der Waals surface area contributed by atoms with Crippen molar-refractivity contribution in [3.05, 3.63) is 83.4 Å². The second-order valence-corrected chi connectivity index (χ2v) is 7.79. The van der Waals surface area contributed by atoms with Crippen LogP contribution in [0, 0.1) is 18.3 Å². The van der Waals surface area contributed by atoms with Crippen LogP contribution in [-0.2, 0) is 0 Å². The number of rotatable bonds is 4. The van der Waals surface area contributed by atoms with Gasteiger partial charge in [-0.2, -0.15) is 5.26 Å². The molecule has 1 heterocycles. The third kappa shape index (κ3) is 4.36. The largest absolute Gasteiger partial charge is 0.372 e. The number of anilines is 2. The Balaban J connectivity index is 1.59. The van der Waals surface area contributed by atoms with Crippen molar-refractivity contribution >= 4 is 17.3 Å². The molecule has 30 heavy (non-hydrogen) atoms. The predicted molar refractivity (Wildman–Crippen MR) is 122 cm³/mol. The first-order valence-electron chi connectivity index (χ1n) is 10.4. The van der Waals surface area contributed by atoms with Gasteiger partial charge in [-0.05, 0) is 67.6 Å². The maximum absolute atomic E-state index is 13.0. The van der Waals surface area contributed by atoms with Crippen LogP contribution in [-0.4, -0.2) is 19.0 Å². The number of amides is 1. The van der Waals surface area contributed by atoms with E-state index in [2.05, 4.69) is 34.5 Å². The lowest BCUT2D eigenvalue weighted by molar-refractivity contribution is 0.102. The van der Waals surface area contributed by atoms with E-state index in [0.29, 0.717) is 16.8 Å². The van der Waals surface area contributed by atoms with E-state index in [1.165, 1.54) is 24.8 Å². The minimum absolute atomic E-state index is 0.202. The first-order valence-corrected chi connectivity index (χ1v) is 10.4. The van der Waals surface area contributed by atoms with E-state index in [4.69, 9.17) is 0 Å². The summed E-state index contributed by atoms with van der Waals surface area (Å²) in [5, 5.41) is 12.5. The Morgan fingerprint density at radius 1 is 0.933 bits per heavy atom. The number of carbonyl (C=O) groups is 1. The average molecular weight is 396 g/mol. The van der Waals surface area contributed by atoms with Crippen LogP contribution in [0.5, 0.6) is 0 Å². The molecule has 0 aliphatic carbocycles. The predicted octanol–water partition coefficient (Wildman–Crippen LogP) is 5.78. The molecular formula is C26H25N3O. The molecule has 0 unspecified atom stereocenters. The van der Waals surface area contributed by atoms with E-state index in [1.54, 1.807) is 6.07 Å². The third-order valence-corrected chi connectivity index (χ3v) is 5.60. The maximum Gasteiger partial charge on any atom is 0.255 e. The van der Waals surface area contributed by atoms with Gasteiger partial charge in [0.15, 0.2) is 0 Å². The Kier molecular flexibility index (Phi) is 5.81. The van der Waals surface area contributed by atoms with Gasteiger partial charge in [-0.1, -0.05) is 42.0 Å². The summed E-state index contributed by atoms with van der Waals surface area (Å²) in [6, 6.07) is 23.7. The lowest BCUT2D eigenvalue weighted by atomic mass is 10.0. The van der Waals surface area contributed by atoms with Crippen molar-refractivity contribution in [2.45, 2.75) is 26.2 Å². The van der Waals surface area contributed by atoms with Crippen LogP contribution in [0.3, 0.4) is 0 Å². The number of hydrogen-bond donors (Lipinski definition) is 1. The van der Waals surface area contributed by atoms with Crippen molar-refractivity contribution in [1.29, 1.82) is 5.26 Å². The van der Waals surface area contributed by atoms with Crippen LogP contribution in [0.25, 0.3) is 11.1 Å². The highest BCUT2D eigenvalue weighted by Crippen LogP contribution is 2.27. The van der Waals surface area contributed by atoms with Crippen LogP contribution < -0.4 is 10.2 Å². The number of nitrogens with zero attached hydrogens (tertiary/aromatic N) is 2. The van der Waals surface area contributed by atoms with Gasteiger partial charge >= 0.3 is 0 Å². The van der Waals surface area contributed by atoms with Gasteiger partial charge in [-0.25, -0.2) is 0 Å². The van der Waals surface area contributed by atoms with E-state index in [1.807, 2.05) is 49.4 Å². The van der Waals surface area contributed by atoms with Crippen molar-refractivity contribution in [3.63, 3.8) is 0 Å². The summed E-state index contributed by atoms with van der Waals surface area (Å²) in [5.41, 5.74) is 5.86. The van der Waals surface area contributed by atoms with Crippen molar-refractivity contribution in [3.8, 4) is 17.2 Å². The number of nitrogens with one attached hydrogen (secondary N) is 1. The molecule has 3 aromatic carbocycles. The Morgan fingerprint density at radius 2 is 1.67 bits per heavy atom. The lowest BCUT2D eigenvalue weighted by Gasteiger charge is -2.29. The highest BCUT2D eigenvalue weighted by molar-refractivity contribution is 6.05. The molecule has 150 valence electrons. The number of carbonyl (C=O) groups excluding carboxylic acids is 1. The molecule has 1 aliphatic rings. The van der Waals surface area contributed by atoms with Gasteiger partial charge in [0.2, 0.25) is 0 Å². The molecule has 1 fully saturated rings. The number of aryl methyl sites for hydroxylation is 1. The summed E-state index contributed by atoms with van der Waals surface area (Å²) < 4.78 is 0. The normalized spacial score (nSPS) is 13.5. The molecule has 0 atom stereocenters. The zero-order chi connectivity index (χ0) is 20.9. The van der Waals surface area contributed by atoms with Gasteiger partial charge in [-0.15, -0.1) is 0 Å². The average Bonchev–Trinajstić information content (AvgIpc) is 2.80. The molecule has 0 aromatic heterocycles. The molecule has 1 aliphatic heterocycles. The Labute approximate surface area is 177 Å². The quantitative estimate of drug-likeness (QED) is 0.609. The monoisotopic (exact) mass is 395 g/mol. The van der Waals surface area contributed by atoms with Gasteiger partial charge < -0.3 is 10.2 Å². The zero-order valence-corrected chi connectivity index (χ0v) is 17.2. The zero-order valence-electron chi connectivity index (χ0n) is 17.2. The Bertz CT molecular complexity index is 1090. The minimum Gasteiger partial charge on any atom is -0.372 e. The fourth-order valence-electron chi connectivity index (χ4n) is 3.86. The molecular weight excluding hydrogens is 370 g/mol. The fourth-order valence-corrected chi connectivity index (χ4v) is 3.86. The molecule has 4 heteroatoms. The molecule has 4 nitrogen and oxygen atoms in total. The molecule has 3 aromatic rings. The fraction of sp³-hybridized carbons (Fsp3) is 0.231. The second-order valence-electron chi connectivity index (χ2n) is 7.79. The van der Waals surface area contributed by atoms with Crippen LogP contribution in [0.4, 0.5) is 11.4 Å². The van der Waals surface area contributed by atoms with Crippen LogP contribution >= 0.6 is 0 Å². The molecule has 1 amide bonds. The van der Waals surface area contributed by atoms with Crippen molar-refractivity contribution in [2.24, 2.45) is 0 Å². The Hall–Kier alpha value is -3.58. The first kappa shape index (κ1) is 19.7. The second kappa shape index (κ2) is 8.84. The highest BCUT2D eigenvalue weighted by atomic mass is 16.1. The van der Waals surface area contributed by atoms with Gasteiger partial charge in [0.05, 0.1) is 11.3 Å². The molecule has 0 radical (unpaired) electrons. The molecule has 0 bridgehead atoms. The van der Waals surface area contributed by atoms with Gasteiger partial charge in [0.25, 0.3) is 5.91 Å². The standard InChI is InChI=1S/C26H25N3O/c1-19-8-10-20(11-9-19)21-12-13-23(18-27)25(17-21)28-26(30)22-6-5-7-24(16-22)29-14-3-2-4-15-29/h5-13,16-17H,2-4,14-15H2,1H3,(H,28,30). The maximum atomic E-state index is 13.0. The van der Waals surface area contributed by atoms with Gasteiger partial charge in [0.1, 0.15) is 6.07 Å². The van der Waals surface area contributed by atoms with E-state index in [9.17, 15) is 10.1 Å². The molecule has 0 spiro atoms. The lowest BCUT2D eigenvalue weighted by Crippen LogP contribution is -2.29. The highest BCUT2D eigenvalue weighted by Gasteiger charge is 2.15. The van der Waals surface area contributed by atoms with Gasteiger partial charge in [0, 0.05) is 24.3 Å². The summed E-state index contributed by atoms with van der Waals surface area (Å²) in [4.78, 5) is 15.3. The summed E-state index contributed by atoms with van der Waals surface area (Å²) >= 11 is 0. The van der Waals surface area contributed by atoms with Gasteiger partial charge in [-0.3, -0.25) is 4.79 Å². The van der Waals surface area contributed by atoms with Crippen LogP contribution in [0.2, 0.25) is 0 Å². The molecule has 0 saturated carbocycles. The van der Waals surface area contributed by atoms with E-state index in [-0.39, 0.29) is 5.91 Å². The summed E-state index contributed by atoms with van der Waals surface area (Å²) in [5.74, 6) is -0.202. The number of hydrogen-bond acceptors (Lipinski definition) is 3. The van der Waals surface area contributed by atoms with E-state index < -0.39 is 0 Å². The first-order chi connectivity index (χ1) is 14.6. The molecule has 4 rings (SSSR count). The number of piperidine rings is 1. The van der Waals surface area contributed by atoms with E-state index >= 15 is 0 Å². The minimum atomic E-state index is -0.202. The van der Waals surface area contributed by atoms with Crippen molar-refractivity contribution < 1.29 is 4.79 Å². The van der Waals surface area contributed by atoms with Crippen LogP contribution in [0.1, 0.15) is 40.7 Å². The van der Waals surface area contributed by atoms with Crippen molar-refractivity contribution in [2.75, 3.05) is 23.3 Å². The van der Waals surface area contributed by atoms with Crippen molar-refractivity contribution in [1.82, 2.24) is 0 Å². The molecule has 1 saturated heterocycles.